The highest BCUT2D eigenvalue weighted by Crippen LogP contribution is 2.49. The molecule has 4 aromatic carbocycles. The van der Waals surface area contributed by atoms with Crippen molar-refractivity contribution in [3.8, 4) is 11.5 Å². The van der Waals surface area contributed by atoms with Crippen LogP contribution in [-0.4, -0.2) is 25.4 Å². The Morgan fingerprint density at radius 1 is 0.878 bits per heavy atom. The maximum atomic E-state index is 14.4. The van der Waals surface area contributed by atoms with E-state index in [-0.39, 0.29) is 17.6 Å². The fraction of sp³-hybridized carbons (Fsp3) is 0.200. The van der Waals surface area contributed by atoms with Gasteiger partial charge in [-0.25, -0.2) is 0 Å². The smallest absolute Gasteiger partial charge is 0.259 e. The number of Topliss-reactive ketones (excluding diaryl/α,β-unsaturated/α-hetero) is 1. The van der Waals surface area contributed by atoms with Gasteiger partial charge in [-0.05, 0) is 67.3 Å². The normalized spacial score (nSPS) is 18.1. The molecule has 0 spiro atoms. The van der Waals surface area contributed by atoms with Gasteiger partial charge in [0.15, 0.2) is 5.78 Å². The topological polar surface area (TPSA) is 67.9 Å². The lowest BCUT2D eigenvalue weighted by atomic mass is 9.78. The maximum absolute atomic E-state index is 14.4. The fourth-order valence-corrected chi connectivity index (χ4v) is 5.93. The molecule has 0 fully saturated rings. The number of hydrogen-bond acceptors (Lipinski definition) is 5. The summed E-state index contributed by atoms with van der Waals surface area (Å²) in [7, 11) is 1.64. The molecule has 0 unspecified atom stereocenters. The number of allylic oxidation sites excluding steroid dienone is 1. The first-order valence-electron chi connectivity index (χ1n) is 14.0. The summed E-state index contributed by atoms with van der Waals surface area (Å²) < 4.78 is 11.4. The second-order valence-corrected chi connectivity index (χ2v) is 10.3. The Kier molecular flexibility index (Phi) is 7.30. The molecule has 41 heavy (non-hydrogen) atoms. The molecule has 0 bridgehead atoms. The summed E-state index contributed by atoms with van der Waals surface area (Å²) >= 11 is 0. The molecule has 1 aliphatic heterocycles. The van der Waals surface area contributed by atoms with Crippen LogP contribution in [0.1, 0.15) is 53.2 Å². The van der Waals surface area contributed by atoms with Crippen LogP contribution in [0.3, 0.4) is 0 Å². The number of ether oxygens (including phenoxy) is 2. The lowest BCUT2D eigenvalue weighted by Gasteiger charge is -2.35. The van der Waals surface area contributed by atoms with Crippen LogP contribution in [0.4, 0.5) is 11.4 Å². The zero-order chi connectivity index (χ0) is 28.3. The number of benzene rings is 4. The number of amides is 1. The summed E-state index contributed by atoms with van der Waals surface area (Å²) in [6.07, 6.45) is 0.965. The van der Waals surface area contributed by atoms with Crippen LogP contribution < -0.4 is 19.7 Å². The largest absolute Gasteiger partial charge is 0.497 e. The molecule has 6 heteroatoms. The van der Waals surface area contributed by atoms with E-state index in [0.29, 0.717) is 42.0 Å². The van der Waals surface area contributed by atoms with Gasteiger partial charge >= 0.3 is 0 Å². The van der Waals surface area contributed by atoms with Gasteiger partial charge in [0.2, 0.25) is 0 Å². The van der Waals surface area contributed by atoms with Crippen molar-refractivity contribution in [2.45, 2.75) is 31.7 Å². The SMILES string of the molecule is CCOc1ccccc1[C@H]1C2=C(C[C@H](c3ccc(OC)cc3)CC2=O)Nc2ccccc2N1C(=O)c1ccccc1. The standard InChI is InChI=1S/C35H32N2O4/c1-3-41-32-16-10-7-13-27(32)34-33-29(21-25(22-31(33)38)23-17-19-26(40-2)20-18-23)36-28-14-8-9-15-30(28)37(34)35(39)24-11-5-4-6-12-24/h4-20,25,34,36H,3,21-22H2,1-2H3/t25-,34-/m0/s1. The number of hydrogen-bond donors (Lipinski definition) is 1. The van der Waals surface area contributed by atoms with Crippen LogP contribution in [0.25, 0.3) is 0 Å². The molecule has 1 amide bonds. The van der Waals surface area contributed by atoms with Crippen molar-refractivity contribution in [1.29, 1.82) is 0 Å². The number of anilines is 2. The number of methoxy groups -OCH3 is 1. The Bertz CT molecular complexity index is 1610. The molecule has 0 aromatic heterocycles. The van der Waals surface area contributed by atoms with Crippen molar-refractivity contribution in [2.75, 3.05) is 23.9 Å². The summed E-state index contributed by atoms with van der Waals surface area (Å²) in [6, 6.07) is 31.9. The van der Waals surface area contributed by atoms with Crippen LogP contribution in [0.15, 0.2) is 114 Å². The molecule has 206 valence electrons. The molecule has 1 heterocycles. The Hall–Kier alpha value is -4.84. The highest BCUT2D eigenvalue weighted by atomic mass is 16.5. The molecule has 0 saturated heterocycles. The Balaban J connectivity index is 1.56. The van der Waals surface area contributed by atoms with Crippen molar-refractivity contribution in [3.63, 3.8) is 0 Å². The molecule has 2 atom stereocenters. The molecule has 1 N–H and O–H groups in total. The molecule has 0 radical (unpaired) electrons. The van der Waals surface area contributed by atoms with E-state index < -0.39 is 6.04 Å². The van der Waals surface area contributed by atoms with Crippen LogP contribution >= 0.6 is 0 Å². The lowest BCUT2D eigenvalue weighted by molar-refractivity contribution is -0.116. The van der Waals surface area contributed by atoms with E-state index in [1.165, 1.54) is 0 Å². The van der Waals surface area contributed by atoms with Gasteiger partial charge in [0.05, 0.1) is 31.1 Å². The molecule has 6 nitrogen and oxygen atoms in total. The number of nitrogens with zero attached hydrogens (tertiary/aromatic N) is 1. The van der Waals surface area contributed by atoms with Gasteiger partial charge in [0.25, 0.3) is 5.91 Å². The van der Waals surface area contributed by atoms with E-state index in [0.717, 1.165) is 28.3 Å². The van der Waals surface area contributed by atoms with Crippen molar-refractivity contribution in [1.82, 2.24) is 0 Å². The Morgan fingerprint density at radius 3 is 2.34 bits per heavy atom. The second-order valence-electron chi connectivity index (χ2n) is 10.3. The van der Waals surface area contributed by atoms with E-state index in [2.05, 4.69) is 5.32 Å². The molecular formula is C35H32N2O4. The van der Waals surface area contributed by atoms with E-state index in [4.69, 9.17) is 9.47 Å². The minimum Gasteiger partial charge on any atom is -0.497 e. The number of para-hydroxylation sites is 3. The zero-order valence-corrected chi connectivity index (χ0v) is 23.2. The number of rotatable bonds is 6. The van der Waals surface area contributed by atoms with Gasteiger partial charge in [-0.3, -0.25) is 14.5 Å². The number of nitrogens with one attached hydrogen (secondary N) is 1. The number of fused-ring (bicyclic) bond motifs is 1. The number of ketones is 1. The van der Waals surface area contributed by atoms with Crippen molar-refractivity contribution < 1.29 is 19.1 Å². The fourth-order valence-electron chi connectivity index (χ4n) is 5.93. The first kappa shape index (κ1) is 26.4. The quantitative estimate of drug-likeness (QED) is 0.276. The van der Waals surface area contributed by atoms with E-state index in [1.54, 1.807) is 12.0 Å². The predicted molar refractivity (Wildman–Crippen MR) is 161 cm³/mol. The summed E-state index contributed by atoms with van der Waals surface area (Å²) in [5.74, 6) is 1.25. The molecule has 6 rings (SSSR count). The van der Waals surface area contributed by atoms with Crippen LogP contribution in [0.2, 0.25) is 0 Å². The Labute approximate surface area is 240 Å². The minimum absolute atomic E-state index is 0.00835. The monoisotopic (exact) mass is 544 g/mol. The Morgan fingerprint density at radius 2 is 1.59 bits per heavy atom. The average molecular weight is 545 g/mol. The third-order valence-electron chi connectivity index (χ3n) is 7.83. The number of carbonyl (C=O) groups excluding carboxylic acids is 2. The summed E-state index contributed by atoms with van der Waals surface area (Å²) in [5, 5.41) is 3.60. The molecule has 0 saturated carbocycles. The maximum Gasteiger partial charge on any atom is 0.259 e. The highest BCUT2D eigenvalue weighted by molar-refractivity contribution is 6.12. The number of carbonyl (C=O) groups is 2. The second kappa shape index (κ2) is 11.3. The zero-order valence-electron chi connectivity index (χ0n) is 23.2. The van der Waals surface area contributed by atoms with Crippen molar-refractivity contribution in [3.05, 3.63) is 131 Å². The van der Waals surface area contributed by atoms with Crippen molar-refractivity contribution >= 4 is 23.1 Å². The molecule has 1 aliphatic carbocycles. The van der Waals surface area contributed by atoms with Crippen LogP contribution in [0, 0.1) is 0 Å². The first-order valence-corrected chi connectivity index (χ1v) is 14.0. The highest BCUT2D eigenvalue weighted by Gasteiger charge is 2.42. The molecule has 4 aromatic rings. The molecule has 2 aliphatic rings. The summed E-state index contributed by atoms with van der Waals surface area (Å²) in [6.45, 7) is 2.40. The summed E-state index contributed by atoms with van der Waals surface area (Å²) in [5.41, 5.74) is 5.32. The van der Waals surface area contributed by atoms with Crippen molar-refractivity contribution in [2.24, 2.45) is 0 Å². The van der Waals surface area contributed by atoms with Gasteiger partial charge < -0.3 is 14.8 Å². The van der Waals surface area contributed by atoms with Crippen LogP contribution in [-0.2, 0) is 4.79 Å². The molecular weight excluding hydrogens is 512 g/mol. The van der Waals surface area contributed by atoms with Gasteiger partial charge in [-0.1, -0.05) is 60.7 Å². The lowest BCUT2D eigenvalue weighted by Crippen LogP contribution is -2.38. The first-order chi connectivity index (χ1) is 20.1. The van der Waals surface area contributed by atoms with Gasteiger partial charge in [-0.15, -0.1) is 0 Å². The van der Waals surface area contributed by atoms with E-state index in [9.17, 15) is 9.59 Å². The predicted octanol–water partition coefficient (Wildman–Crippen LogP) is 7.31. The van der Waals surface area contributed by atoms with E-state index in [1.807, 2.05) is 110 Å². The third-order valence-corrected chi connectivity index (χ3v) is 7.83. The third kappa shape index (κ3) is 4.97. The van der Waals surface area contributed by atoms with E-state index >= 15 is 0 Å². The van der Waals surface area contributed by atoms with Gasteiger partial charge in [0.1, 0.15) is 11.5 Å². The van der Waals surface area contributed by atoms with Gasteiger partial charge in [-0.2, -0.15) is 0 Å². The average Bonchev–Trinajstić information content (AvgIpc) is 3.16. The summed E-state index contributed by atoms with van der Waals surface area (Å²) in [4.78, 5) is 30.5. The van der Waals surface area contributed by atoms with Gasteiger partial charge in [0, 0.05) is 28.8 Å². The minimum atomic E-state index is -0.680. The van der Waals surface area contributed by atoms with Crippen LogP contribution in [0.5, 0.6) is 11.5 Å².